The summed E-state index contributed by atoms with van der Waals surface area (Å²) >= 11 is 3.80. The number of aryl methyl sites for hydroxylation is 1. The van der Waals surface area contributed by atoms with Crippen LogP contribution in [-0.2, 0) is 11.2 Å². The molecule has 2 rings (SSSR count). The van der Waals surface area contributed by atoms with E-state index in [2.05, 4.69) is 36.4 Å². The normalized spacial score (nSPS) is 17.7. The second-order valence-electron chi connectivity index (χ2n) is 5.96. The summed E-state index contributed by atoms with van der Waals surface area (Å²) in [6.45, 7) is 10.7. The molecule has 5 nitrogen and oxygen atoms in total. The van der Waals surface area contributed by atoms with Crippen LogP contribution in [0, 0.1) is 6.92 Å². The molecule has 0 saturated carbocycles. The van der Waals surface area contributed by atoms with E-state index in [0.717, 1.165) is 63.8 Å². The van der Waals surface area contributed by atoms with Crippen molar-refractivity contribution in [3.8, 4) is 0 Å². The van der Waals surface area contributed by atoms with Crippen LogP contribution in [0.4, 0.5) is 0 Å². The molecular formula is C17H30N4OS2. The van der Waals surface area contributed by atoms with Gasteiger partial charge in [-0.1, -0.05) is 6.92 Å². The molecule has 1 aliphatic rings. The molecule has 0 amide bonds. The van der Waals surface area contributed by atoms with Crippen LogP contribution < -0.4 is 10.6 Å². The third-order valence-electron chi connectivity index (χ3n) is 4.02. The van der Waals surface area contributed by atoms with Crippen LogP contribution in [0.2, 0.25) is 0 Å². The van der Waals surface area contributed by atoms with E-state index in [0.29, 0.717) is 0 Å². The van der Waals surface area contributed by atoms with Crippen molar-refractivity contribution in [2.45, 2.75) is 44.8 Å². The molecule has 7 heteroatoms. The smallest absolute Gasteiger partial charge is 0.191 e. The molecule has 2 heterocycles. The van der Waals surface area contributed by atoms with Gasteiger partial charge in [-0.3, -0.25) is 4.99 Å². The SMILES string of the molecule is CCNC(=NCC1(SCC)CCOCC1)NCCc1ncc(C)s1. The zero-order valence-electron chi connectivity index (χ0n) is 15.1. The molecule has 0 atom stereocenters. The standard InChI is InChI=1S/C17H30N4OS2/c1-4-18-16(19-9-6-15-20-12-14(3)24-15)21-13-17(23-5-2)7-10-22-11-8-17/h12H,4-11,13H2,1-3H3,(H2,18,19,21). The fraction of sp³-hybridized carbons (Fsp3) is 0.765. The second kappa shape index (κ2) is 10.3. The van der Waals surface area contributed by atoms with Crippen LogP contribution in [0.25, 0.3) is 0 Å². The van der Waals surface area contributed by atoms with Gasteiger partial charge in [0.2, 0.25) is 0 Å². The van der Waals surface area contributed by atoms with Gasteiger partial charge in [-0.25, -0.2) is 4.98 Å². The summed E-state index contributed by atoms with van der Waals surface area (Å²) in [5.41, 5.74) is 0. The predicted octanol–water partition coefficient (Wildman–Crippen LogP) is 2.85. The minimum Gasteiger partial charge on any atom is -0.381 e. The van der Waals surface area contributed by atoms with Crippen LogP contribution in [0.15, 0.2) is 11.2 Å². The molecule has 0 spiro atoms. The number of aliphatic imine (C=N–C) groups is 1. The maximum Gasteiger partial charge on any atom is 0.191 e. The number of hydrogen-bond acceptors (Lipinski definition) is 5. The Kier molecular flexibility index (Phi) is 8.35. The van der Waals surface area contributed by atoms with Gasteiger partial charge in [-0.2, -0.15) is 11.8 Å². The fourth-order valence-corrected chi connectivity index (χ4v) is 4.78. The van der Waals surface area contributed by atoms with Crippen molar-refractivity contribution < 1.29 is 4.74 Å². The van der Waals surface area contributed by atoms with Crippen LogP contribution >= 0.6 is 23.1 Å². The minimum absolute atomic E-state index is 0.238. The lowest BCUT2D eigenvalue weighted by Crippen LogP contribution is -2.41. The topological polar surface area (TPSA) is 58.5 Å². The molecule has 0 radical (unpaired) electrons. The number of thioether (sulfide) groups is 1. The van der Waals surface area contributed by atoms with Crippen molar-refractivity contribution >= 4 is 29.1 Å². The number of thiazole rings is 1. The number of nitrogens with one attached hydrogen (secondary N) is 2. The molecule has 1 aromatic rings. The van der Waals surface area contributed by atoms with E-state index in [1.807, 2.05) is 18.0 Å². The molecule has 136 valence electrons. The van der Waals surface area contributed by atoms with Gasteiger partial charge in [0, 0.05) is 48.5 Å². The van der Waals surface area contributed by atoms with Crippen molar-refractivity contribution in [2.75, 3.05) is 38.6 Å². The molecule has 1 aliphatic heterocycles. The van der Waals surface area contributed by atoms with Crippen molar-refractivity contribution in [1.29, 1.82) is 0 Å². The summed E-state index contributed by atoms with van der Waals surface area (Å²) < 4.78 is 5.78. The Morgan fingerprint density at radius 1 is 1.38 bits per heavy atom. The zero-order chi connectivity index (χ0) is 17.3. The van der Waals surface area contributed by atoms with E-state index in [4.69, 9.17) is 9.73 Å². The lowest BCUT2D eigenvalue weighted by Gasteiger charge is -2.35. The van der Waals surface area contributed by atoms with Gasteiger partial charge in [0.25, 0.3) is 0 Å². The molecule has 0 unspecified atom stereocenters. The largest absolute Gasteiger partial charge is 0.381 e. The molecule has 1 aromatic heterocycles. The molecular weight excluding hydrogens is 340 g/mol. The monoisotopic (exact) mass is 370 g/mol. The van der Waals surface area contributed by atoms with Crippen molar-refractivity contribution in [3.63, 3.8) is 0 Å². The van der Waals surface area contributed by atoms with E-state index in [9.17, 15) is 0 Å². The minimum atomic E-state index is 0.238. The first-order valence-corrected chi connectivity index (χ1v) is 10.6. The lowest BCUT2D eigenvalue weighted by atomic mass is 9.99. The van der Waals surface area contributed by atoms with E-state index < -0.39 is 0 Å². The van der Waals surface area contributed by atoms with Crippen molar-refractivity contribution in [3.05, 3.63) is 16.1 Å². The quantitative estimate of drug-likeness (QED) is 0.544. The van der Waals surface area contributed by atoms with Crippen molar-refractivity contribution in [2.24, 2.45) is 4.99 Å². The Bertz CT molecular complexity index is 507. The number of rotatable bonds is 8. The van der Waals surface area contributed by atoms with Gasteiger partial charge in [-0.15, -0.1) is 11.3 Å². The van der Waals surface area contributed by atoms with Gasteiger partial charge in [0.15, 0.2) is 5.96 Å². The average molecular weight is 371 g/mol. The summed E-state index contributed by atoms with van der Waals surface area (Å²) in [6.07, 6.45) is 5.06. The molecule has 2 N–H and O–H groups in total. The zero-order valence-corrected chi connectivity index (χ0v) is 16.7. The maximum atomic E-state index is 5.54. The third-order valence-corrected chi connectivity index (χ3v) is 6.44. The highest BCUT2D eigenvalue weighted by Gasteiger charge is 2.32. The summed E-state index contributed by atoms with van der Waals surface area (Å²) in [5, 5.41) is 7.98. The van der Waals surface area contributed by atoms with E-state index in [1.54, 1.807) is 11.3 Å². The lowest BCUT2D eigenvalue weighted by molar-refractivity contribution is 0.0793. The Morgan fingerprint density at radius 2 is 2.17 bits per heavy atom. The Hall–Kier alpha value is -0.790. The Balaban J connectivity index is 1.88. The Labute approximate surface area is 154 Å². The number of hydrogen-bond donors (Lipinski definition) is 2. The van der Waals surface area contributed by atoms with Gasteiger partial charge < -0.3 is 15.4 Å². The van der Waals surface area contributed by atoms with Crippen LogP contribution in [0.1, 0.15) is 36.6 Å². The molecule has 24 heavy (non-hydrogen) atoms. The number of nitrogens with zero attached hydrogens (tertiary/aromatic N) is 2. The number of guanidine groups is 1. The van der Waals surface area contributed by atoms with Gasteiger partial charge >= 0.3 is 0 Å². The Morgan fingerprint density at radius 3 is 2.79 bits per heavy atom. The van der Waals surface area contributed by atoms with Gasteiger partial charge in [0.05, 0.1) is 11.6 Å². The van der Waals surface area contributed by atoms with E-state index in [-0.39, 0.29) is 4.75 Å². The highest BCUT2D eigenvalue weighted by atomic mass is 32.2. The molecule has 1 saturated heterocycles. The predicted molar refractivity (Wildman–Crippen MR) is 105 cm³/mol. The number of aromatic nitrogens is 1. The fourth-order valence-electron chi connectivity index (χ4n) is 2.77. The molecule has 0 aromatic carbocycles. The molecule has 0 bridgehead atoms. The van der Waals surface area contributed by atoms with Gasteiger partial charge in [0.1, 0.15) is 0 Å². The third kappa shape index (κ3) is 6.26. The van der Waals surface area contributed by atoms with Gasteiger partial charge in [-0.05, 0) is 32.4 Å². The average Bonchev–Trinajstić information content (AvgIpc) is 2.99. The highest BCUT2D eigenvalue weighted by Crippen LogP contribution is 2.35. The van der Waals surface area contributed by atoms with Crippen LogP contribution in [-0.4, -0.2) is 54.3 Å². The summed E-state index contributed by atoms with van der Waals surface area (Å²) in [6, 6.07) is 0. The van der Waals surface area contributed by atoms with E-state index in [1.165, 1.54) is 9.88 Å². The summed E-state index contributed by atoms with van der Waals surface area (Å²) in [5.74, 6) is 2.04. The first kappa shape index (κ1) is 19.5. The molecule has 0 aliphatic carbocycles. The first-order chi connectivity index (χ1) is 11.7. The molecule has 1 fully saturated rings. The second-order valence-corrected chi connectivity index (χ2v) is 9.02. The van der Waals surface area contributed by atoms with Crippen molar-refractivity contribution in [1.82, 2.24) is 15.6 Å². The highest BCUT2D eigenvalue weighted by molar-refractivity contribution is 8.00. The summed E-state index contributed by atoms with van der Waals surface area (Å²) in [4.78, 5) is 10.5. The van der Waals surface area contributed by atoms with Crippen LogP contribution in [0.5, 0.6) is 0 Å². The van der Waals surface area contributed by atoms with E-state index >= 15 is 0 Å². The number of ether oxygens (including phenoxy) is 1. The summed E-state index contributed by atoms with van der Waals surface area (Å²) in [7, 11) is 0. The van der Waals surface area contributed by atoms with Crippen LogP contribution in [0.3, 0.4) is 0 Å². The first-order valence-electron chi connectivity index (χ1n) is 8.82. The maximum absolute atomic E-state index is 5.54.